The van der Waals surface area contributed by atoms with E-state index in [0.29, 0.717) is 5.13 Å². The number of nitrogen functional groups attached to an aromatic ring is 1. The highest BCUT2D eigenvalue weighted by molar-refractivity contribution is 7.22. The predicted molar refractivity (Wildman–Crippen MR) is 87.5 cm³/mol. The molecule has 0 fully saturated rings. The molecule has 0 spiro atoms. The Balaban J connectivity index is 1.87. The van der Waals surface area contributed by atoms with Gasteiger partial charge in [0.2, 0.25) is 0 Å². The normalized spacial score (nSPS) is 11.3. The number of anilines is 1. The van der Waals surface area contributed by atoms with Crippen LogP contribution in [0.4, 0.5) is 5.13 Å². The number of thiazole rings is 2. The molecular formula is C14H11N5S2. The minimum absolute atomic E-state index is 0.583. The molecule has 4 rings (SSSR count). The lowest BCUT2D eigenvalue weighted by molar-refractivity contribution is 1.25. The lowest BCUT2D eigenvalue weighted by Crippen LogP contribution is -1.84. The molecule has 0 aliphatic rings. The number of aromatic nitrogens is 4. The van der Waals surface area contributed by atoms with Gasteiger partial charge in [-0.3, -0.25) is 0 Å². The Hall–Kier alpha value is -2.25. The van der Waals surface area contributed by atoms with Gasteiger partial charge in [-0.2, -0.15) is 0 Å². The van der Waals surface area contributed by atoms with Crippen molar-refractivity contribution in [2.24, 2.45) is 0 Å². The van der Waals surface area contributed by atoms with Crippen molar-refractivity contribution >= 4 is 38.0 Å². The van der Waals surface area contributed by atoms with Crippen LogP contribution in [-0.2, 0) is 0 Å². The monoisotopic (exact) mass is 313 g/mol. The minimum Gasteiger partial charge on any atom is -0.375 e. The summed E-state index contributed by atoms with van der Waals surface area (Å²) >= 11 is 3.10. The molecule has 3 aromatic heterocycles. The van der Waals surface area contributed by atoms with E-state index in [0.717, 1.165) is 37.9 Å². The zero-order chi connectivity index (χ0) is 14.4. The van der Waals surface area contributed by atoms with E-state index >= 15 is 0 Å². The Bertz CT molecular complexity index is 934. The number of nitrogens with two attached hydrogens (primary N) is 1. The van der Waals surface area contributed by atoms with Crippen LogP contribution < -0.4 is 5.73 Å². The Morgan fingerprint density at radius 3 is 2.95 bits per heavy atom. The van der Waals surface area contributed by atoms with Gasteiger partial charge in [0, 0.05) is 16.6 Å². The van der Waals surface area contributed by atoms with Crippen molar-refractivity contribution in [3.05, 3.63) is 35.6 Å². The third kappa shape index (κ3) is 2.10. The summed E-state index contributed by atoms with van der Waals surface area (Å²) < 4.78 is 1.06. The zero-order valence-corrected chi connectivity index (χ0v) is 12.8. The van der Waals surface area contributed by atoms with Gasteiger partial charge in [-0.15, -0.1) is 11.3 Å². The number of hydrogen-bond acceptors (Lipinski definition) is 6. The SMILES string of the molecule is Cc1csc(-c2[nH]cnc2-c2ccc3nc(N)sc3c2)n1. The van der Waals surface area contributed by atoms with Crippen LogP contribution in [0.1, 0.15) is 5.69 Å². The average molecular weight is 313 g/mol. The van der Waals surface area contributed by atoms with Crippen molar-refractivity contribution in [3.63, 3.8) is 0 Å². The molecule has 1 aromatic carbocycles. The van der Waals surface area contributed by atoms with Crippen LogP contribution >= 0.6 is 22.7 Å². The molecule has 0 saturated heterocycles. The zero-order valence-electron chi connectivity index (χ0n) is 11.1. The molecule has 3 N–H and O–H groups in total. The van der Waals surface area contributed by atoms with E-state index in [2.05, 4.69) is 26.0 Å². The first-order valence-electron chi connectivity index (χ1n) is 6.33. The van der Waals surface area contributed by atoms with Crippen molar-refractivity contribution in [3.8, 4) is 22.0 Å². The summed E-state index contributed by atoms with van der Waals surface area (Å²) in [5.41, 5.74) is 10.6. The van der Waals surface area contributed by atoms with Crippen molar-refractivity contribution in [1.29, 1.82) is 0 Å². The van der Waals surface area contributed by atoms with Crippen molar-refractivity contribution in [2.45, 2.75) is 6.92 Å². The third-order valence-electron chi connectivity index (χ3n) is 3.15. The van der Waals surface area contributed by atoms with Crippen LogP contribution in [-0.4, -0.2) is 19.9 Å². The molecule has 3 heterocycles. The van der Waals surface area contributed by atoms with Gasteiger partial charge in [0.05, 0.1) is 22.2 Å². The van der Waals surface area contributed by atoms with Gasteiger partial charge in [0.1, 0.15) is 10.7 Å². The van der Waals surface area contributed by atoms with Gasteiger partial charge < -0.3 is 10.7 Å². The summed E-state index contributed by atoms with van der Waals surface area (Å²) in [6.07, 6.45) is 1.70. The van der Waals surface area contributed by atoms with Gasteiger partial charge in [0.25, 0.3) is 0 Å². The third-order valence-corrected chi connectivity index (χ3v) is 4.98. The topological polar surface area (TPSA) is 80.5 Å². The Kier molecular flexibility index (Phi) is 2.76. The molecule has 0 unspecified atom stereocenters. The van der Waals surface area contributed by atoms with Gasteiger partial charge in [-0.05, 0) is 19.1 Å². The molecule has 0 aliphatic carbocycles. The lowest BCUT2D eigenvalue weighted by Gasteiger charge is -2.00. The molecule has 0 amide bonds. The summed E-state index contributed by atoms with van der Waals surface area (Å²) in [6, 6.07) is 6.06. The van der Waals surface area contributed by atoms with Crippen LogP contribution in [0.5, 0.6) is 0 Å². The quantitative estimate of drug-likeness (QED) is 0.591. The summed E-state index contributed by atoms with van der Waals surface area (Å²) in [4.78, 5) is 16.4. The van der Waals surface area contributed by atoms with Crippen LogP contribution in [0.15, 0.2) is 29.9 Å². The maximum atomic E-state index is 5.76. The number of H-pyrrole nitrogens is 1. The van der Waals surface area contributed by atoms with E-state index in [-0.39, 0.29) is 0 Å². The van der Waals surface area contributed by atoms with E-state index in [1.165, 1.54) is 11.3 Å². The summed E-state index contributed by atoms with van der Waals surface area (Å²) in [5, 5.41) is 3.57. The van der Waals surface area contributed by atoms with E-state index in [9.17, 15) is 0 Å². The first-order valence-corrected chi connectivity index (χ1v) is 8.02. The second-order valence-electron chi connectivity index (χ2n) is 4.65. The highest BCUT2D eigenvalue weighted by Gasteiger charge is 2.14. The standard InChI is InChI=1S/C14H11N5S2/c1-7-5-20-13(18-7)12-11(16-6-17-12)8-2-3-9-10(4-8)21-14(15)19-9/h2-6H,1H3,(H2,15,19)(H,16,17). The minimum atomic E-state index is 0.583. The van der Waals surface area contributed by atoms with Gasteiger partial charge in [0.15, 0.2) is 5.13 Å². The molecular weight excluding hydrogens is 302 g/mol. The molecule has 0 saturated carbocycles. The summed E-state index contributed by atoms with van der Waals surface area (Å²) in [6.45, 7) is 1.99. The average Bonchev–Trinajstić information content (AvgIpc) is 3.14. The first kappa shape index (κ1) is 12.5. The number of aryl methyl sites for hydroxylation is 1. The summed E-state index contributed by atoms with van der Waals surface area (Å²) in [5.74, 6) is 0. The van der Waals surface area contributed by atoms with E-state index in [4.69, 9.17) is 5.73 Å². The van der Waals surface area contributed by atoms with Gasteiger partial charge >= 0.3 is 0 Å². The second kappa shape index (κ2) is 4.64. The van der Waals surface area contributed by atoms with Crippen molar-refractivity contribution in [1.82, 2.24) is 19.9 Å². The summed E-state index contributed by atoms with van der Waals surface area (Å²) in [7, 11) is 0. The van der Waals surface area contributed by atoms with Crippen LogP contribution in [0.2, 0.25) is 0 Å². The molecule has 0 atom stereocenters. The Labute approximate surface area is 128 Å². The number of rotatable bonds is 2. The number of benzene rings is 1. The fraction of sp³-hybridized carbons (Fsp3) is 0.0714. The molecule has 4 aromatic rings. The highest BCUT2D eigenvalue weighted by atomic mass is 32.1. The number of fused-ring (bicyclic) bond motifs is 1. The van der Waals surface area contributed by atoms with Gasteiger partial charge in [-0.1, -0.05) is 17.4 Å². The fourth-order valence-electron chi connectivity index (χ4n) is 2.23. The second-order valence-corrected chi connectivity index (χ2v) is 6.58. The van der Waals surface area contributed by atoms with E-state index < -0.39 is 0 Å². The highest BCUT2D eigenvalue weighted by Crippen LogP contribution is 2.34. The number of nitrogens with one attached hydrogen (secondary N) is 1. The number of hydrogen-bond donors (Lipinski definition) is 2. The molecule has 5 nitrogen and oxygen atoms in total. The van der Waals surface area contributed by atoms with Gasteiger partial charge in [-0.25, -0.2) is 15.0 Å². The number of nitrogens with zero attached hydrogens (tertiary/aromatic N) is 3. The maximum absolute atomic E-state index is 5.76. The maximum Gasteiger partial charge on any atom is 0.181 e. The van der Waals surface area contributed by atoms with E-state index in [1.807, 2.05) is 24.4 Å². The number of imidazole rings is 1. The van der Waals surface area contributed by atoms with Crippen molar-refractivity contribution in [2.75, 3.05) is 5.73 Å². The predicted octanol–water partition coefficient (Wildman–Crippen LogP) is 3.70. The molecule has 104 valence electrons. The Morgan fingerprint density at radius 1 is 1.24 bits per heavy atom. The molecule has 7 heteroatoms. The molecule has 0 aliphatic heterocycles. The Morgan fingerprint density at radius 2 is 2.14 bits per heavy atom. The largest absolute Gasteiger partial charge is 0.375 e. The lowest BCUT2D eigenvalue weighted by atomic mass is 10.1. The van der Waals surface area contributed by atoms with E-state index in [1.54, 1.807) is 17.7 Å². The first-order chi connectivity index (χ1) is 10.2. The fourth-order valence-corrected chi connectivity index (χ4v) is 3.81. The van der Waals surface area contributed by atoms with Crippen LogP contribution in [0, 0.1) is 6.92 Å². The smallest absolute Gasteiger partial charge is 0.181 e. The van der Waals surface area contributed by atoms with Crippen LogP contribution in [0.3, 0.4) is 0 Å². The molecule has 0 radical (unpaired) electrons. The van der Waals surface area contributed by atoms with Crippen LogP contribution in [0.25, 0.3) is 32.2 Å². The number of aromatic amines is 1. The molecule has 21 heavy (non-hydrogen) atoms. The van der Waals surface area contributed by atoms with Crippen molar-refractivity contribution < 1.29 is 0 Å². The molecule has 0 bridgehead atoms.